The van der Waals surface area contributed by atoms with Gasteiger partial charge in [-0.3, -0.25) is 4.79 Å². The standard InChI is InChI=1S/C12H12F6N2O/c13-11(14,15)9(12(16,17)18)10(21)20-8(6-19)7-4-2-1-3-5-7/h1-5,8-9H,6,19H2,(H,20,21). The molecule has 1 amide bonds. The Morgan fingerprint density at radius 3 is 1.90 bits per heavy atom. The summed E-state index contributed by atoms with van der Waals surface area (Å²) < 4.78 is 74.5. The lowest BCUT2D eigenvalue weighted by molar-refractivity contribution is -0.274. The highest BCUT2D eigenvalue weighted by atomic mass is 19.4. The molecule has 9 heteroatoms. The SMILES string of the molecule is NCC(NC(=O)C(C(F)(F)F)C(F)(F)F)c1ccccc1. The quantitative estimate of drug-likeness (QED) is 0.839. The Morgan fingerprint density at radius 1 is 1.05 bits per heavy atom. The zero-order valence-electron chi connectivity index (χ0n) is 10.5. The summed E-state index contributed by atoms with van der Waals surface area (Å²) in [5, 5.41) is 1.69. The Labute approximate surface area is 116 Å². The normalized spacial score (nSPS) is 14.1. The molecule has 1 aromatic carbocycles. The van der Waals surface area contributed by atoms with E-state index in [1.165, 1.54) is 24.3 Å². The highest BCUT2D eigenvalue weighted by Gasteiger charge is 2.61. The van der Waals surface area contributed by atoms with Crippen LogP contribution in [-0.4, -0.2) is 24.8 Å². The van der Waals surface area contributed by atoms with Crippen LogP contribution < -0.4 is 11.1 Å². The van der Waals surface area contributed by atoms with Gasteiger partial charge in [-0.15, -0.1) is 0 Å². The van der Waals surface area contributed by atoms with E-state index in [1.807, 2.05) is 0 Å². The summed E-state index contributed by atoms with van der Waals surface area (Å²) in [6.45, 7) is -0.335. The largest absolute Gasteiger partial charge is 0.409 e. The molecule has 0 aliphatic carbocycles. The minimum atomic E-state index is -5.72. The van der Waals surface area contributed by atoms with Crippen molar-refractivity contribution in [2.75, 3.05) is 6.54 Å². The lowest BCUT2D eigenvalue weighted by Gasteiger charge is -2.25. The fraction of sp³-hybridized carbons (Fsp3) is 0.417. The number of carbonyl (C=O) groups excluding carboxylic acids is 1. The molecule has 0 radical (unpaired) electrons. The molecule has 0 heterocycles. The lowest BCUT2D eigenvalue weighted by atomic mass is 10.0. The van der Waals surface area contributed by atoms with Crippen molar-refractivity contribution in [1.82, 2.24) is 5.32 Å². The molecule has 0 aliphatic rings. The third kappa shape index (κ3) is 4.62. The van der Waals surface area contributed by atoms with Gasteiger partial charge in [0.25, 0.3) is 0 Å². The molecular formula is C12H12F6N2O. The summed E-state index contributed by atoms with van der Waals surface area (Å²) in [7, 11) is 0. The number of hydrogen-bond acceptors (Lipinski definition) is 2. The molecule has 0 aliphatic heterocycles. The van der Waals surface area contributed by atoms with Crippen molar-refractivity contribution in [3.63, 3.8) is 0 Å². The molecule has 21 heavy (non-hydrogen) atoms. The third-order valence-corrected chi connectivity index (χ3v) is 2.67. The topological polar surface area (TPSA) is 55.1 Å². The van der Waals surface area contributed by atoms with Crippen molar-refractivity contribution >= 4 is 5.91 Å². The van der Waals surface area contributed by atoms with E-state index in [9.17, 15) is 31.1 Å². The lowest BCUT2D eigenvalue weighted by Crippen LogP contribution is -2.49. The van der Waals surface area contributed by atoms with Gasteiger partial charge in [0, 0.05) is 6.54 Å². The fourth-order valence-electron chi connectivity index (χ4n) is 1.70. The van der Waals surface area contributed by atoms with E-state index in [4.69, 9.17) is 5.73 Å². The molecule has 0 spiro atoms. The average molecular weight is 314 g/mol. The fourth-order valence-corrected chi connectivity index (χ4v) is 1.70. The number of benzene rings is 1. The molecule has 1 unspecified atom stereocenters. The van der Waals surface area contributed by atoms with Crippen LogP contribution in [0.25, 0.3) is 0 Å². The number of alkyl halides is 6. The summed E-state index contributed by atoms with van der Waals surface area (Å²) in [6, 6.07) is 6.39. The van der Waals surface area contributed by atoms with E-state index in [0.29, 0.717) is 5.56 Å². The van der Waals surface area contributed by atoms with Crippen LogP contribution in [0.5, 0.6) is 0 Å². The summed E-state index contributed by atoms with van der Waals surface area (Å²) in [5.74, 6) is -6.25. The number of halogens is 6. The van der Waals surface area contributed by atoms with Gasteiger partial charge in [-0.1, -0.05) is 30.3 Å². The van der Waals surface area contributed by atoms with Crippen LogP contribution in [0.3, 0.4) is 0 Å². The smallest absolute Gasteiger partial charge is 0.347 e. The molecule has 1 aromatic rings. The molecule has 0 saturated heterocycles. The Balaban J connectivity index is 2.96. The monoisotopic (exact) mass is 314 g/mol. The number of hydrogen-bond donors (Lipinski definition) is 2. The Bertz CT molecular complexity index is 457. The van der Waals surface area contributed by atoms with Gasteiger partial charge >= 0.3 is 12.4 Å². The first-order valence-corrected chi connectivity index (χ1v) is 5.76. The van der Waals surface area contributed by atoms with Gasteiger partial charge in [-0.2, -0.15) is 26.3 Å². The number of carbonyl (C=O) groups is 1. The van der Waals surface area contributed by atoms with Gasteiger partial charge in [0.05, 0.1) is 6.04 Å². The minimum absolute atomic E-state index is 0.316. The summed E-state index contributed by atoms with van der Waals surface area (Å²) >= 11 is 0. The van der Waals surface area contributed by atoms with E-state index in [0.717, 1.165) is 0 Å². The van der Waals surface area contributed by atoms with Gasteiger partial charge in [-0.05, 0) is 5.56 Å². The Morgan fingerprint density at radius 2 is 1.52 bits per heavy atom. The predicted octanol–water partition coefficient (Wildman–Crippen LogP) is 2.54. The first kappa shape index (κ1) is 17.3. The van der Waals surface area contributed by atoms with E-state index >= 15 is 0 Å². The first-order valence-electron chi connectivity index (χ1n) is 5.76. The maximum atomic E-state index is 12.4. The van der Waals surface area contributed by atoms with Crippen molar-refractivity contribution in [2.24, 2.45) is 11.7 Å². The maximum absolute atomic E-state index is 12.4. The highest BCUT2D eigenvalue weighted by Crippen LogP contribution is 2.39. The summed E-state index contributed by atoms with van der Waals surface area (Å²) in [5.41, 5.74) is 5.61. The second kappa shape index (κ2) is 6.33. The van der Waals surface area contributed by atoms with Gasteiger partial charge in [0.2, 0.25) is 11.8 Å². The molecule has 3 N–H and O–H groups in total. The van der Waals surface area contributed by atoms with Crippen molar-refractivity contribution < 1.29 is 31.1 Å². The highest BCUT2D eigenvalue weighted by molar-refractivity contribution is 5.80. The van der Waals surface area contributed by atoms with E-state index < -0.39 is 30.2 Å². The maximum Gasteiger partial charge on any atom is 0.409 e. The Hall–Kier alpha value is -1.77. The van der Waals surface area contributed by atoms with Crippen LogP contribution in [0.4, 0.5) is 26.3 Å². The van der Waals surface area contributed by atoms with Gasteiger partial charge < -0.3 is 11.1 Å². The summed E-state index contributed by atoms with van der Waals surface area (Å²) in [6.07, 6.45) is -11.4. The van der Waals surface area contributed by atoms with Gasteiger partial charge in [-0.25, -0.2) is 0 Å². The van der Waals surface area contributed by atoms with Crippen LogP contribution in [-0.2, 0) is 4.79 Å². The van der Waals surface area contributed by atoms with Crippen LogP contribution in [0.15, 0.2) is 30.3 Å². The van der Waals surface area contributed by atoms with E-state index in [1.54, 1.807) is 11.4 Å². The molecule has 0 fully saturated rings. The molecule has 0 saturated carbocycles. The Kier molecular flexibility index (Phi) is 5.21. The zero-order chi connectivity index (χ0) is 16.3. The van der Waals surface area contributed by atoms with Crippen molar-refractivity contribution in [2.45, 2.75) is 18.4 Å². The molecule has 118 valence electrons. The van der Waals surface area contributed by atoms with Crippen LogP contribution in [0.2, 0.25) is 0 Å². The number of rotatable bonds is 4. The number of amides is 1. The molecule has 0 bridgehead atoms. The van der Waals surface area contributed by atoms with Crippen molar-refractivity contribution in [3.05, 3.63) is 35.9 Å². The van der Waals surface area contributed by atoms with Crippen molar-refractivity contribution in [1.29, 1.82) is 0 Å². The number of nitrogens with two attached hydrogens (primary N) is 1. The van der Waals surface area contributed by atoms with E-state index in [2.05, 4.69) is 0 Å². The second-order valence-corrected chi connectivity index (χ2v) is 4.22. The second-order valence-electron chi connectivity index (χ2n) is 4.22. The van der Waals surface area contributed by atoms with Crippen LogP contribution in [0, 0.1) is 5.92 Å². The zero-order valence-corrected chi connectivity index (χ0v) is 10.5. The molecular weight excluding hydrogens is 302 g/mol. The molecule has 0 aromatic heterocycles. The third-order valence-electron chi connectivity index (χ3n) is 2.67. The minimum Gasteiger partial charge on any atom is -0.347 e. The van der Waals surface area contributed by atoms with E-state index in [-0.39, 0.29) is 6.54 Å². The number of nitrogens with one attached hydrogen (secondary N) is 1. The first-order chi connectivity index (χ1) is 9.57. The molecule has 1 atom stereocenters. The van der Waals surface area contributed by atoms with Crippen LogP contribution in [0.1, 0.15) is 11.6 Å². The van der Waals surface area contributed by atoms with Gasteiger partial charge in [0.1, 0.15) is 0 Å². The van der Waals surface area contributed by atoms with Crippen molar-refractivity contribution in [3.8, 4) is 0 Å². The summed E-state index contributed by atoms with van der Waals surface area (Å²) in [4.78, 5) is 11.4. The predicted molar refractivity (Wildman–Crippen MR) is 62.0 cm³/mol. The molecule has 1 rings (SSSR count). The van der Waals surface area contributed by atoms with Gasteiger partial charge in [0.15, 0.2) is 0 Å². The molecule has 3 nitrogen and oxygen atoms in total. The average Bonchev–Trinajstić information content (AvgIpc) is 2.33. The van der Waals surface area contributed by atoms with Crippen LogP contribution >= 0.6 is 0 Å².